The van der Waals surface area contributed by atoms with Crippen molar-refractivity contribution in [3.63, 3.8) is 0 Å². The molecule has 0 N–H and O–H groups in total. The molecular weight excluding hydrogens is 273 g/mol. The summed E-state index contributed by atoms with van der Waals surface area (Å²) in [5, 5.41) is -0.322. The molecule has 5 heteroatoms. The van der Waals surface area contributed by atoms with E-state index in [0.717, 1.165) is 13.1 Å². The van der Waals surface area contributed by atoms with Gasteiger partial charge in [0.1, 0.15) is 0 Å². The van der Waals surface area contributed by atoms with E-state index in [4.69, 9.17) is 9.26 Å². The maximum atomic E-state index is 12.5. The SMILES string of the molecule is CC1CN(C(C)(C)C)CC(COP(C)(=O)C(C)(C)C)O1. The first-order chi connectivity index (χ1) is 8.83. The lowest BCUT2D eigenvalue weighted by molar-refractivity contribution is -0.112. The van der Waals surface area contributed by atoms with Crippen molar-refractivity contribution in [1.82, 2.24) is 4.90 Å². The Labute approximate surface area is 124 Å². The number of hydrogen-bond donors (Lipinski definition) is 0. The molecule has 3 atom stereocenters. The van der Waals surface area contributed by atoms with Crippen LogP contribution in [0, 0.1) is 0 Å². The van der Waals surface area contributed by atoms with E-state index in [9.17, 15) is 4.57 Å². The number of rotatable bonds is 3. The Hall–Kier alpha value is 0.110. The summed E-state index contributed by atoms with van der Waals surface area (Å²) in [6.45, 7) is 18.5. The standard InChI is InChI=1S/C15H32NO3P/c1-12-9-16(14(2,3)4)10-13(19-12)11-18-20(8,17)15(5,6)7/h12-13H,9-11H2,1-8H3. The molecule has 1 fully saturated rings. The van der Waals surface area contributed by atoms with Gasteiger partial charge in [0.05, 0.1) is 18.8 Å². The Morgan fingerprint density at radius 1 is 1.20 bits per heavy atom. The molecule has 1 saturated heterocycles. The zero-order chi connectivity index (χ0) is 15.8. The van der Waals surface area contributed by atoms with Crippen LogP contribution >= 0.6 is 7.37 Å². The van der Waals surface area contributed by atoms with E-state index in [1.165, 1.54) is 0 Å². The highest BCUT2D eigenvalue weighted by Gasteiger charge is 2.36. The minimum absolute atomic E-state index is 0.00593. The molecule has 0 bridgehead atoms. The molecule has 1 heterocycles. The topological polar surface area (TPSA) is 38.8 Å². The van der Waals surface area contributed by atoms with Gasteiger partial charge in [-0.05, 0) is 27.7 Å². The van der Waals surface area contributed by atoms with E-state index in [2.05, 4.69) is 32.6 Å². The average molecular weight is 305 g/mol. The number of ether oxygens (including phenoxy) is 1. The largest absolute Gasteiger partial charge is 0.370 e. The second-order valence-electron chi connectivity index (χ2n) is 7.96. The van der Waals surface area contributed by atoms with Gasteiger partial charge in [0.2, 0.25) is 7.37 Å². The van der Waals surface area contributed by atoms with Crippen LogP contribution in [0.25, 0.3) is 0 Å². The molecule has 1 aliphatic heterocycles. The van der Waals surface area contributed by atoms with Crippen molar-refractivity contribution in [2.45, 2.75) is 71.4 Å². The van der Waals surface area contributed by atoms with E-state index >= 15 is 0 Å². The summed E-state index contributed by atoms with van der Waals surface area (Å²) in [7, 11) is -2.62. The summed E-state index contributed by atoms with van der Waals surface area (Å²) in [6, 6.07) is 0. The maximum Gasteiger partial charge on any atom is 0.205 e. The monoisotopic (exact) mass is 305 g/mol. The van der Waals surface area contributed by atoms with Crippen LogP contribution in [0.5, 0.6) is 0 Å². The Morgan fingerprint density at radius 3 is 2.20 bits per heavy atom. The first-order valence-corrected chi connectivity index (χ1v) is 9.53. The highest BCUT2D eigenvalue weighted by Crippen LogP contribution is 2.55. The molecule has 0 saturated carbocycles. The number of morpholine rings is 1. The van der Waals surface area contributed by atoms with E-state index in [-0.39, 0.29) is 22.9 Å². The molecule has 20 heavy (non-hydrogen) atoms. The fourth-order valence-electron chi connectivity index (χ4n) is 2.10. The van der Waals surface area contributed by atoms with Crippen molar-refractivity contribution in [2.24, 2.45) is 0 Å². The quantitative estimate of drug-likeness (QED) is 0.747. The van der Waals surface area contributed by atoms with E-state index < -0.39 is 7.37 Å². The zero-order valence-corrected chi connectivity index (χ0v) is 15.3. The second kappa shape index (κ2) is 6.08. The molecular formula is C15H32NO3P. The summed E-state index contributed by atoms with van der Waals surface area (Å²) in [5.41, 5.74) is 0.121. The van der Waals surface area contributed by atoms with Gasteiger partial charge in [-0.25, -0.2) is 0 Å². The predicted octanol–water partition coefficient (Wildman–Crippen LogP) is 3.60. The normalized spacial score (nSPS) is 29.2. The van der Waals surface area contributed by atoms with E-state index in [0.29, 0.717) is 6.61 Å². The molecule has 0 aliphatic carbocycles. The highest BCUT2D eigenvalue weighted by atomic mass is 31.2. The molecule has 0 amide bonds. The highest BCUT2D eigenvalue weighted by molar-refractivity contribution is 7.59. The smallest absolute Gasteiger partial charge is 0.205 e. The molecule has 1 rings (SSSR count). The van der Waals surface area contributed by atoms with Crippen molar-refractivity contribution < 1.29 is 13.8 Å². The van der Waals surface area contributed by atoms with Gasteiger partial charge in [0, 0.05) is 30.4 Å². The van der Waals surface area contributed by atoms with Gasteiger partial charge in [-0.2, -0.15) is 0 Å². The second-order valence-corrected chi connectivity index (χ2v) is 11.2. The molecule has 120 valence electrons. The van der Waals surface area contributed by atoms with Gasteiger partial charge >= 0.3 is 0 Å². The molecule has 0 aromatic rings. The Balaban J connectivity index is 2.62. The van der Waals surface area contributed by atoms with Crippen molar-refractivity contribution in [2.75, 3.05) is 26.4 Å². The average Bonchev–Trinajstić information content (AvgIpc) is 2.23. The molecule has 0 aromatic heterocycles. The van der Waals surface area contributed by atoms with Crippen molar-refractivity contribution in [3.8, 4) is 0 Å². The number of hydrogen-bond acceptors (Lipinski definition) is 4. The van der Waals surface area contributed by atoms with Crippen molar-refractivity contribution in [3.05, 3.63) is 0 Å². The van der Waals surface area contributed by atoms with Gasteiger partial charge in [0.15, 0.2) is 0 Å². The summed E-state index contributed by atoms with van der Waals surface area (Å²) >= 11 is 0. The van der Waals surface area contributed by atoms with Crippen LogP contribution in [0.3, 0.4) is 0 Å². The molecule has 4 nitrogen and oxygen atoms in total. The lowest BCUT2D eigenvalue weighted by Crippen LogP contribution is -2.55. The minimum Gasteiger partial charge on any atom is -0.370 e. The molecule has 0 aromatic carbocycles. The van der Waals surface area contributed by atoms with Gasteiger partial charge in [-0.1, -0.05) is 20.8 Å². The third kappa shape index (κ3) is 4.84. The van der Waals surface area contributed by atoms with Crippen LogP contribution in [0.15, 0.2) is 0 Å². The van der Waals surface area contributed by atoms with E-state index in [1.807, 2.05) is 20.8 Å². The summed E-state index contributed by atoms with van der Waals surface area (Å²) in [6.07, 6.45) is 0.177. The van der Waals surface area contributed by atoms with Gasteiger partial charge in [-0.3, -0.25) is 9.46 Å². The Morgan fingerprint density at radius 2 is 1.75 bits per heavy atom. The summed E-state index contributed by atoms with van der Waals surface area (Å²) in [4.78, 5) is 2.41. The van der Waals surface area contributed by atoms with Crippen molar-refractivity contribution >= 4 is 7.37 Å². The fourth-order valence-corrected chi connectivity index (χ4v) is 2.94. The van der Waals surface area contributed by atoms with Crippen LogP contribution in [-0.4, -0.2) is 54.2 Å². The van der Waals surface area contributed by atoms with Crippen LogP contribution in [0.1, 0.15) is 48.5 Å². The van der Waals surface area contributed by atoms with Crippen LogP contribution in [0.2, 0.25) is 0 Å². The van der Waals surface area contributed by atoms with Gasteiger partial charge in [-0.15, -0.1) is 0 Å². The minimum atomic E-state index is -2.62. The lowest BCUT2D eigenvalue weighted by Gasteiger charge is -2.44. The molecule has 1 aliphatic rings. The maximum absolute atomic E-state index is 12.5. The molecule has 3 unspecified atom stereocenters. The molecule has 0 radical (unpaired) electrons. The van der Waals surface area contributed by atoms with Crippen LogP contribution in [-0.2, 0) is 13.8 Å². The van der Waals surface area contributed by atoms with E-state index in [1.54, 1.807) is 6.66 Å². The number of nitrogens with zero attached hydrogens (tertiary/aromatic N) is 1. The summed E-state index contributed by atoms with van der Waals surface area (Å²) in [5.74, 6) is 0. The van der Waals surface area contributed by atoms with Crippen LogP contribution in [0.4, 0.5) is 0 Å². The fraction of sp³-hybridized carbons (Fsp3) is 1.00. The lowest BCUT2D eigenvalue weighted by atomic mass is 10.0. The molecule has 0 spiro atoms. The zero-order valence-electron chi connectivity index (χ0n) is 14.4. The third-order valence-corrected chi connectivity index (χ3v) is 7.08. The Bertz CT molecular complexity index is 370. The third-order valence-electron chi connectivity index (χ3n) is 4.00. The van der Waals surface area contributed by atoms with Gasteiger partial charge < -0.3 is 9.26 Å². The first-order valence-electron chi connectivity index (χ1n) is 7.45. The first kappa shape index (κ1) is 18.2. The Kier molecular flexibility index (Phi) is 5.52. The van der Waals surface area contributed by atoms with Gasteiger partial charge in [0.25, 0.3) is 0 Å². The predicted molar refractivity (Wildman–Crippen MR) is 84.9 cm³/mol. The summed E-state index contributed by atoms with van der Waals surface area (Å²) < 4.78 is 24.2. The van der Waals surface area contributed by atoms with Crippen molar-refractivity contribution in [1.29, 1.82) is 0 Å². The van der Waals surface area contributed by atoms with Crippen LogP contribution < -0.4 is 0 Å².